The van der Waals surface area contributed by atoms with Crippen LogP contribution in [0.1, 0.15) is 53.9 Å². The summed E-state index contributed by atoms with van der Waals surface area (Å²) in [5.41, 5.74) is 0. The first-order valence-corrected chi connectivity index (χ1v) is 5.76. The van der Waals surface area contributed by atoms with Crippen molar-refractivity contribution in [3.05, 3.63) is 0 Å². The summed E-state index contributed by atoms with van der Waals surface area (Å²) in [6, 6.07) is 0.463. The molecule has 0 rings (SSSR count). The van der Waals surface area contributed by atoms with Crippen molar-refractivity contribution in [2.75, 3.05) is 0 Å². The summed E-state index contributed by atoms with van der Waals surface area (Å²) in [5.74, 6) is 1.02. The summed E-state index contributed by atoms with van der Waals surface area (Å²) in [6.45, 7) is 10.5. The Bertz CT molecular complexity index is 164. The summed E-state index contributed by atoms with van der Waals surface area (Å²) >= 11 is 0. The van der Waals surface area contributed by atoms with Crippen LogP contribution in [0.3, 0.4) is 0 Å². The Morgan fingerprint density at radius 1 is 1.14 bits per heavy atom. The van der Waals surface area contributed by atoms with Crippen molar-refractivity contribution >= 4 is 5.78 Å². The van der Waals surface area contributed by atoms with Gasteiger partial charge in [0.2, 0.25) is 0 Å². The van der Waals surface area contributed by atoms with Gasteiger partial charge in [-0.3, -0.25) is 4.79 Å². The van der Waals surface area contributed by atoms with Crippen molar-refractivity contribution in [2.24, 2.45) is 5.92 Å². The summed E-state index contributed by atoms with van der Waals surface area (Å²) in [5, 5.41) is 3.34. The van der Waals surface area contributed by atoms with Gasteiger partial charge in [0.1, 0.15) is 5.78 Å². The molecule has 1 unspecified atom stereocenters. The van der Waals surface area contributed by atoms with Gasteiger partial charge in [-0.25, -0.2) is 0 Å². The van der Waals surface area contributed by atoms with E-state index in [0.717, 1.165) is 12.8 Å². The van der Waals surface area contributed by atoms with Crippen LogP contribution in [0.4, 0.5) is 0 Å². The maximum Gasteiger partial charge on any atom is 0.149 e. The van der Waals surface area contributed by atoms with Gasteiger partial charge in [0.25, 0.3) is 0 Å². The number of ketones is 1. The quantitative estimate of drug-likeness (QED) is 0.683. The average Bonchev–Trinajstić information content (AvgIpc) is 2.10. The Morgan fingerprint density at radius 2 is 1.71 bits per heavy atom. The summed E-state index contributed by atoms with van der Waals surface area (Å²) in [4.78, 5) is 11.6. The van der Waals surface area contributed by atoms with E-state index >= 15 is 0 Å². The van der Waals surface area contributed by atoms with Crippen LogP contribution >= 0.6 is 0 Å². The molecule has 0 amide bonds. The van der Waals surface area contributed by atoms with E-state index in [2.05, 4.69) is 33.0 Å². The van der Waals surface area contributed by atoms with Gasteiger partial charge in [-0.1, -0.05) is 34.6 Å². The van der Waals surface area contributed by atoms with E-state index in [0.29, 0.717) is 24.2 Å². The van der Waals surface area contributed by atoms with Crippen molar-refractivity contribution in [1.82, 2.24) is 5.32 Å². The third-order valence-electron chi connectivity index (χ3n) is 2.30. The minimum Gasteiger partial charge on any atom is -0.305 e. The lowest BCUT2D eigenvalue weighted by Crippen LogP contribution is -2.40. The van der Waals surface area contributed by atoms with E-state index in [1.165, 1.54) is 0 Å². The molecule has 0 aromatic rings. The molecular formula is C12H25NO. The molecule has 0 saturated carbocycles. The Balaban J connectivity index is 4.04. The highest BCUT2D eigenvalue weighted by Crippen LogP contribution is 2.09. The molecule has 1 atom stereocenters. The molecule has 0 spiro atoms. The first kappa shape index (κ1) is 13.6. The lowest BCUT2D eigenvalue weighted by Gasteiger charge is -2.20. The van der Waals surface area contributed by atoms with Gasteiger partial charge >= 0.3 is 0 Å². The van der Waals surface area contributed by atoms with Gasteiger partial charge in [0, 0.05) is 12.5 Å². The Kier molecular flexibility index (Phi) is 6.81. The number of carbonyl (C=O) groups is 1. The van der Waals surface area contributed by atoms with Crippen LogP contribution in [0.25, 0.3) is 0 Å². The highest BCUT2D eigenvalue weighted by atomic mass is 16.1. The number of rotatable bonds is 7. The van der Waals surface area contributed by atoms with E-state index in [1.54, 1.807) is 0 Å². The smallest absolute Gasteiger partial charge is 0.149 e. The maximum atomic E-state index is 11.6. The fourth-order valence-corrected chi connectivity index (χ4v) is 1.49. The molecule has 0 aliphatic carbocycles. The zero-order valence-corrected chi connectivity index (χ0v) is 10.3. The van der Waals surface area contributed by atoms with Crippen LogP contribution in [-0.2, 0) is 4.79 Å². The molecule has 0 radical (unpaired) electrons. The minimum absolute atomic E-state index is 0.0717. The van der Waals surface area contributed by atoms with Crippen LogP contribution in [-0.4, -0.2) is 17.9 Å². The molecule has 0 fully saturated rings. The number of carbonyl (C=O) groups excluding carboxylic acids is 1. The molecule has 0 aromatic carbocycles. The van der Waals surface area contributed by atoms with Gasteiger partial charge in [-0.05, 0) is 18.8 Å². The molecular weight excluding hydrogens is 174 g/mol. The number of Topliss-reactive ketones (excluding diaryl/α,β-unsaturated/α-hetero) is 1. The van der Waals surface area contributed by atoms with Gasteiger partial charge in [0.05, 0.1) is 6.04 Å². The summed E-state index contributed by atoms with van der Waals surface area (Å²) < 4.78 is 0. The molecule has 0 aliphatic heterocycles. The van der Waals surface area contributed by atoms with Crippen LogP contribution in [0, 0.1) is 5.92 Å². The monoisotopic (exact) mass is 199 g/mol. The predicted molar refractivity (Wildman–Crippen MR) is 61.4 cm³/mol. The zero-order valence-electron chi connectivity index (χ0n) is 10.3. The Labute approximate surface area is 88.5 Å². The van der Waals surface area contributed by atoms with Crippen molar-refractivity contribution in [2.45, 2.75) is 66.0 Å². The van der Waals surface area contributed by atoms with Crippen LogP contribution < -0.4 is 5.32 Å². The molecule has 2 heteroatoms. The maximum absolute atomic E-state index is 11.6. The number of nitrogens with one attached hydrogen (secondary N) is 1. The second kappa shape index (κ2) is 6.99. The average molecular weight is 199 g/mol. The molecule has 14 heavy (non-hydrogen) atoms. The van der Waals surface area contributed by atoms with E-state index in [1.807, 2.05) is 6.92 Å². The minimum atomic E-state index is 0.0717. The largest absolute Gasteiger partial charge is 0.305 e. The van der Waals surface area contributed by atoms with E-state index in [9.17, 15) is 4.79 Å². The molecule has 2 nitrogen and oxygen atoms in total. The van der Waals surface area contributed by atoms with Crippen LogP contribution in [0.2, 0.25) is 0 Å². The molecule has 0 heterocycles. The van der Waals surface area contributed by atoms with Crippen molar-refractivity contribution in [1.29, 1.82) is 0 Å². The fourth-order valence-electron chi connectivity index (χ4n) is 1.49. The number of hydrogen-bond acceptors (Lipinski definition) is 2. The molecule has 0 saturated heterocycles. The standard InChI is InChI=1S/C12H25NO/c1-6-12(14)11(13-10(4)5)8-7-9(2)3/h9-11,13H,6-8H2,1-5H3. The molecule has 0 bridgehead atoms. The molecule has 84 valence electrons. The third kappa shape index (κ3) is 6.14. The van der Waals surface area contributed by atoms with Gasteiger partial charge in [-0.2, -0.15) is 0 Å². The molecule has 0 aliphatic rings. The highest BCUT2D eigenvalue weighted by molar-refractivity contribution is 5.83. The second-order valence-electron chi connectivity index (χ2n) is 4.67. The summed E-state index contributed by atoms with van der Waals surface area (Å²) in [6.07, 6.45) is 2.74. The van der Waals surface area contributed by atoms with Crippen LogP contribution in [0.15, 0.2) is 0 Å². The van der Waals surface area contributed by atoms with Crippen molar-refractivity contribution < 1.29 is 4.79 Å². The van der Waals surface area contributed by atoms with E-state index in [-0.39, 0.29) is 6.04 Å². The Morgan fingerprint density at radius 3 is 2.07 bits per heavy atom. The first-order valence-electron chi connectivity index (χ1n) is 5.76. The highest BCUT2D eigenvalue weighted by Gasteiger charge is 2.17. The normalized spacial score (nSPS) is 13.6. The van der Waals surface area contributed by atoms with Gasteiger partial charge < -0.3 is 5.32 Å². The number of hydrogen-bond donors (Lipinski definition) is 1. The van der Waals surface area contributed by atoms with Crippen molar-refractivity contribution in [3.8, 4) is 0 Å². The third-order valence-corrected chi connectivity index (χ3v) is 2.30. The fraction of sp³-hybridized carbons (Fsp3) is 0.917. The van der Waals surface area contributed by atoms with Gasteiger partial charge in [0.15, 0.2) is 0 Å². The van der Waals surface area contributed by atoms with Gasteiger partial charge in [-0.15, -0.1) is 0 Å². The topological polar surface area (TPSA) is 29.1 Å². The second-order valence-corrected chi connectivity index (χ2v) is 4.67. The zero-order chi connectivity index (χ0) is 11.1. The molecule has 1 N–H and O–H groups in total. The lowest BCUT2D eigenvalue weighted by molar-refractivity contribution is -0.121. The lowest BCUT2D eigenvalue weighted by atomic mass is 9.99. The SMILES string of the molecule is CCC(=O)C(CCC(C)C)NC(C)C. The first-order chi connectivity index (χ1) is 6.47. The summed E-state index contributed by atoms with van der Waals surface area (Å²) in [7, 11) is 0. The van der Waals surface area contributed by atoms with Crippen LogP contribution in [0.5, 0.6) is 0 Å². The predicted octanol–water partition coefficient (Wildman–Crippen LogP) is 2.77. The van der Waals surface area contributed by atoms with E-state index < -0.39 is 0 Å². The van der Waals surface area contributed by atoms with Crippen molar-refractivity contribution in [3.63, 3.8) is 0 Å². The van der Waals surface area contributed by atoms with E-state index in [4.69, 9.17) is 0 Å². The molecule has 0 aromatic heterocycles. The Hall–Kier alpha value is -0.370.